The lowest BCUT2D eigenvalue weighted by molar-refractivity contribution is -0.898. The van der Waals surface area contributed by atoms with Gasteiger partial charge in [0.2, 0.25) is 0 Å². The molecule has 22 heavy (non-hydrogen) atoms. The van der Waals surface area contributed by atoms with Crippen molar-refractivity contribution in [1.82, 2.24) is 0 Å². The number of quaternary nitrogens is 1. The van der Waals surface area contributed by atoms with Gasteiger partial charge in [-0.05, 0) is 0 Å². The fraction of sp³-hybridized carbons (Fsp3) is 1.00. The average Bonchev–Trinajstić information content (AvgIpc) is 2.81. The van der Waals surface area contributed by atoms with Crippen molar-refractivity contribution in [2.75, 3.05) is 39.9 Å². The maximum Gasteiger partial charge on any atom is 0.380 e. The summed E-state index contributed by atoms with van der Waals surface area (Å²) >= 11 is 0. The first-order valence-electron chi connectivity index (χ1n) is 6.69. The summed E-state index contributed by atoms with van der Waals surface area (Å²) < 4.78 is 106. The average molecular weight is 344 g/mol. The van der Waals surface area contributed by atoms with E-state index in [1.807, 2.05) is 7.05 Å². The predicted octanol–water partition coefficient (Wildman–Crippen LogP) is 3.41. The molecule has 0 bridgehead atoms. The SMILES string of the molecule is C[N+]1(CCOCC(F)(F)C(F)(F)C(F)(F)C(F)F)CCCC1. The number of ether oxygens (including phenoxy) is 1. The molecule has 0 N–H and O–H groups in total. The quantitative estimate of drug-likeness (QED) is 0.373. The lowest BCUT2D eigenvalue weighted by Gasteiger charge is -2.32. The van der Waals surface area contributed by atoms with Crippen LogP contribution in [0.2, 0.25) is 0 Å². The van der Waals surface area contributed by atoms with Gasteiger partial charge in [-0.25, -0.2) is 8.78 Å². The van der Waals surface area contributed by atoms with E-state index in [2.05, 4.69) is 4.74 Å². The van der Waals surface area contributed by atoms with E-state index in [0.29, 0.717) is 4.48 Å². The van der Waals surface area contributed by atoms with Gasteiger partial charge < -0.3 is 9.22 Å². The summed E-state index contributed by atoms with van der Waals surface area (Å²) in [5.41, 5.74) is 0. The monoisotopic (exact) mass is 344 g/mol. The number of nitrogens with zero attached hydrogens (tertiary/aromatic N) is 1. The van der Waals surface area contributed by atoms with Crippen LogP contribution in [0.1, 0.15) is 12.8 Å². The summed E-state index contributed by atoms with van der Waals surface area (Å²) in [7, 11) is 1.83. The molecule has 0 aromatic carbocycles. The van der Waals surface area contributed by atoms with Crippen molar-refractivity contribution in [1.29, 1.82) is 0 Å². The third kappa shape index (κ3) is 3.81. The number of hydrogen-bond acceptors (Lipinski definition) is 1. The van der Waals surface area contributed by atoms with Crippen LogP contribution in [0.15, 0.2) is 0 Å². The molecule has 10 heteroatoms. The summed E-state index contributed by atoms with van der Waals surface area (Å²) in [6.45, 7) is -0.573. The molecule has 1 heterocycles. The Labute approximate surface area is 122 Å². The summed E-state index contributed by atoms with van der Waals surface area (Å²) in [6, 6.07) is 0. The zero-order chi connectivity index (χ0) is 17.2. The van der Waals surface area contributed by atoms with E-state index in [9.17, 15) is 35.1 Å². The van der Waals surface area contributed by atoms with Crippen LogP contribution in [0, 0.1) is 0 Å². The van der Waals surface area contributed by atoms with Crippen LogP contribution in [0.25, 0.3) is 0 Å². The zero-order valence-corrected chi connectivity index (χ0v) is 11.9. The third-order valence-electron chi connectivity index (χ3n) is 3.86. The molecule has 2 nitrogen and oxygen atoms in total. The van der Waals surface area contributed by atoms with E-state index in [4.69, 9.17) is 0 Å². The van der Waals surface area contributed by atoms with Crippen molar-refractivity contribution in [2.45, 2.75) is 37.0 Å². The number of hydrogen-bond donors (Lipinski definition) is 0. The van der Waals surface area contributed by atoms with Gasteiger partial charge in [0.15, 0.2) is 0 Å². The van der Waals surface area contributed by atoms with E-state index in [0.717, 1.165) is 25.9 Å². The van der Waals surface area contributed by atoms with E-state index in [1.54, 1.807) is 0 Å². The van der Waals surface area contributed by atoms with E-state index >= 15 is 0 Å². The molecule has 0 aromatic rings. The minimum atomic E-state index is -6.19. The highest BCUT2D eigenvalue weighted by molar-refractivity contribution is 4.97. The number of rotatable bonds is 8. The first-order chi connectivity index (χ1) is 9.86. The third-order valence-corrected chi connectivity index (χ3v) is 3.86. The van der Waals surface area contributed by atoms with Crippen LogP contribution in [0.4, 0.5) is 35.1 Å². The highest BCUT2D eigenvalue weighted by Crippen LogP contribution is 2.48. The molecule has 0 unspecified atom stereocenters. The van der Waals surface area contributed by atoms with Gasteiger partial charge in [0.25, 0.3) is 0 Å². The van der Waals surface area contributed by atoms with Crippen molar-refractivity contribution in [3.63, 3.8) is 0 Å². The first kappa shape index (κ1) is 19.4. The molecule has 0 amide bonds. The van der Waals surface area contributed by atoms with E-state index < -0.39 is 30.8 Å². The van der Waals surface area contributed by atoms with Crippen molar-refractivity contribution >= 4 is 0 Å². The maximum absolute atomic E-state index is 13.2. The van der Waals surface area contributed by atoms with Crippen molar-refractivity contribution in [3.05, 3.63) is 0 Å². The molecular weight excluding hydrogens is 326 g/mol. The smallest absolute Gasteiger partial charge is 0.369 e. The summed E-state index contributed by atoms with van der Waals surface area (Å²) in [5.74, 6) is -17.7. The Bertz CT molecular complexity index is 368. The Balaban J connectivity index is 2.55. The number of likely N-dealkylation sites (N-methyl/N-ethyl adjacent to an activating group) is 1. The lowest BCUT2D eigenvalue weighted by Crippen LogP contribution is -2.59. The molecule has 1 aliphatic rings. The van der Waals surface area contributed by atoms with Gasteiger partial charge in [-0.3, -0.25) is 0 Å². The van der Waals surface area contributed by atoms with Crippen LogP contribution < -0.4 is 0 Å². The van der Waals surface area contributed by atoms with Crippen LogP contribution in [0.5, 0.6) is 0 Å². The summed E-state index contributed by atoms with van der Waals surface area (Å²) in [4.78, 5) is 0. The molecule has 0 radical (unpaired) electrons. The Morgan fingerprint density at radius 3 is 1.95 bits per heavy atom. The van der Waals surface area contributed by atoms with E-state index in [-0.39, 0.29) is 13.2 Å². The van der Waals surface area contributed by atoms with Gasteiger partial charge >= 0.3 is 24.2 Å². The second-order valence-corrected chi connectivity index (χ2v) is 5.75. The molecule has 132 valence electrons. The number of likely N-dealkylation sites (tertiary alicyclic amines) is 1. The van der Waals surface area contributed by atoms with Crippen LogP contribution >= 0.6 is 0 Å². The molecule has 0 atom stereocenters. The van der Waals surface area contributed by atoms with Gasteiger partial charge in [-0.15, -0.1) is 0 Å². The Morgan fingerprint density at radius 2 is 1.50 bits per heavy atom. The molecule has 1 rings (SSSR count). The molecule has 0 spiro atoms. The first-order valence-corrected chi connectivity index (χ1v) is 6.69. The summed E-state index contributed by atoms with van der Waals surface area (Å²) in [5, 5.41) is 0. The Hall–Kier alpha value is -0.640. The topological polar surface area (TPSA) is 9.23 Å². The van der Waals surface area contributed by atoms with Crippen LogP contribution in [-0.2, 0) is 4.74 Å². The van der Waals surface area contributed by atoms with Gasteiger partial charge in [0.1, 0.15) is 13.2 Å². The maximum atomic E-state index is 13.2. The molecule has 1 fully saturated rings. The summed E-state index contributed by atoms with van der Waals surface area (Å²) in [6.07, 6.45) is -3.03. The van der Waals surface area contributed by atoms with Crippen molar-refractivity contribution in [2.24, 2.45) is 0 Å². The van der Waals surface area contributed by atoms with Gasteiger partial charge in [0, 0.05) is 12.8 Å². The molecule has 1 saturated heterocycles. The normalized spacial score (nSPS) is 19.9. The molecule has 0 aromatic heterocycles. The Morgan fingerprint density at radius 1 is 1.00 bits per heavy atom. The van der Waals surface area contributed by atoms with E-state index in [1.165, 1.54) is 0 Å². The fourth-order valence-electron chi connectivity index (χ4n) is 2.28. The minimum Gasteiger partial charge on any atom is -0.369 e. The van der Waals surface area contributed by atoms with Gasteiger partial charge in [-0.1, -0.05) is 0 Å². The van der Waals surface area contributed by atoms with Crippen molar-refractivity contribution in [3.8, 4) is 0 Å². The molecular formula is C12H18F8NO+. The Kier molecular flexibility index (Phi) is 5.70. The molecule has 1 aliphatic heterocycles. The molecule has 0 aliphatic carbocycles. The highest BCUT2D eigenvalue weighted by Gasteiger charge is 2.75. The van der Waals surface area contributed by atoms with Crippen LogP contribution in [0.3, 0.4) is 0 Å². The second-order valence-electron chi connectivity index (χ2n) is 5.75. The molecule has 0 saturated carbocycles. The zero-order valence-electron chi connectivity index (χ0n) is 11.9. The van der Waals surface area contributed by atoms with Gasteiger partial charge in [-0.2, -0.15) is 26.3 Å². The standard InChI is InChI=1S/C12H18F8NO/c1-21(4-2-3-5-21)6-7-22-8-10(15,16)12(19,20)11(17,18)9(13)14/h9H,2-8H2,1H3/q+1. The minimum absolute atomic E-state index is 0.257. The number of halogens is 8. The van der Waals surface area contributed by atoms with Crippen LogP contribution in [-0.4, -0.2) is 68.6 Å². The lowest BCUT2D eigenvalue weighted by atomic mass is 10.1. The highest BCUT2D eigenvalue weighted by atomic mass is 19.4. The largest absolute Gasteiger partial charge is 0.380 e. The van der Waals surface area contributed by atoms with Gasteiger partial charge in [0.05, 0.1) is 26.7 Å². The second kappa shape index (κ2) is 6.46. The van der Waals surface area contributed by atoms with Crippen molar-refractivity contribution < 1.29 is 44.3 Å². The fourth-order valence-corrected chi connectivity index (χ4v) is 2.28. The number of alkyl halides is 8. The predicted molar refractivity (Wildman–Crippen MR) is 61.7 cm³/mol.